The Morgan fingerprint density at radius 2 is 2.17 bits per heavy atom. The van der Waals surface area contributed by atoms with E-state index in [2.05, 4.69) is 10.3 Å². The molecule has 7 heteroatoms. The second kappa shape index (κ2) is 6.39. The van der Waals surface area contributed by atoms with Crippen molar-refractivity contribution < 1.29 is 18.4 Å². The number of aromatic nitrogens is 1. The number of amides is 1. The summed E-state index contributed by atoms with van der Waals surface area (Å²) in [6.45, 7) is 1.79. The molecule has 4 nitrogen and oxygen atoms in total. The maximum Gasteiger partial charge on any atom is 0.281 e. The summed E-state index contributed by atoms with van der Waals surface area (Å²) in [5, 5.41) is 1.54. The van der Waals surface area contributed by atoms with Gasteiger partial charge in [-0.1, -0.05) is 6.92 Å². The highest BCUT2D eigenvalue weighted by Crippen LogP contribution is 2.22. The Morgan fingerprint density at radius 1 is 1.50 bits per heavy atom. The van der Waals surface area contributed by atoms with Crippen LogP contribution in [-0.4, -0.2) is 16.1 Å². The lowest BCUT2D eigenvalue weighted by Gasteiger charge is -2.08. The molecule has 1 N–H and O–H groups in total. The lowest BCUT2D eigenvalue weighted by molar-refractivity contribution is -0.120. The molecule has 0 bridgehead atoms. The molecule has 0 atom stereocenters. The molecular weight excluding hydrogens is 266 g/mol. The number of alkyl halides is 2. The maximum atomic E-state index is 12.5. The standard InChI is InChI=1S/C11H11ClF2N2O2/c1-2-8(17)15-4-6-3-7(10(12)18)9(11(13)14)16-5-6/h3,5,11H,2,4H2,1H3,(H,15,17). The highest BCUT2D eigenvalue weighted by atomic mass is 35.5. The Balaban J connectivity index is 2.93. The average Bonchev–Trinajstić information content (AvgIpc) is 2.35. The lowest BCUT2D eigenvalue weighted by Crippen LogP contribution is -2.21. The van der Waals surface area contributed by atoms with Crippen molar-refractivity contribution in [2.24, 2.45) is 0 Å². The van der Waals surface area contributed by atoms with Crippen LogP contribution in [0.25, 0.3) is 0 Å². The molecular formula is C11H11ClF2N2O2. The summed E-state index contributed by atoms with van der Waals surface area (Å²) in [5.41, 5.74) is -0.555. The summed E-state index contributed by atoms with van der Waals surface area (Å²) in [6, 6.07) is 1.21. The molecule has 1 amide bonds. The van der Waals surface area contributed by atoms with Gasteiger partial charge in [-0.3, -0.25) is 14.6 Å². The number of nitrogens with zero attached hydrogens (tertiary/aromatic N) is 1. The molecule has 1 aromatic heterocycles. The zero-order valence-corrected chi connectivity index (χ0v) is 10.3. The first-order valence-electron chi connectivity index (χ1n) is 5.19. The van der Waals surface area contributed by atoms with E-state index in [1.165, 1.54) is 12.3 Å². The fourth-order valence-corrected chi connectivity index (χ4v) is 1.42. The monoisotopic (exact) mass is 276 g/mol. The largest absolute Gasteiger partial charge is 0.352 e. The second-order valence-corrected chi connectivity index (χ2v) is 3.82. The molecule has 1 aromatic rings. The van der Waals surface area contributed by atoms with Crippen molar-refractivity contribution in [3.8, 4) is 0 Å². The molecule has 0 saturated heterocycles. The van der Waals surface area contributed by atoms with Gasteiger partial charge in [-0.15, -0.1) is 0 Å². The number of rotatable bonds is 5. The zero-order valence-electron chi connectivity index (χ0n) is 9.54. The van der Waals surface area contributed by atoms with Crippen LogP contribution in [0, 0.1) is 0 Å². The van der Waals surface area contributed by atoms with Gasteiger partial charge < -0.3 is 5.32 Å². The number of hydrogen-bond acceptors (Lipinski definition) is 3. The predicted octanol–water partition coefficient (Wildman–Crippen LogP) is 2.42. The van der Waals surface area contributed by atoms with Crippen LogP contribution in [0.1, 0.15) is 41.4 Å². The van der Waals surface area contributed by atoms with Crippen molar-refractivity contribution in [2.45, 2.75) is 26.3 Å². The molecule has 1 heterocycles. The SMILES string of the molecule is CCC(=O)NCc1cnc(C(F)F)c(C(=O)Cl)c1. The fourth-order valence-electron chi connectivity index (χ4n) is 1.27. The molecule has 18 heavy (non-hydrogen) atoms. The van der Waals surface area contributed by atoms with E-state index in [0.717, 1.165) is 0 Å². The van der Waals surface area contributed by atoms with Crippen LogP contribution in [-0.2, 0) is 11.3 Å². The molecule has 0 saturated carbocycles. The van der Waals surface area contributed by atoms with Gasteiger partial charge in [0.25, 0.3) is 11.7 Å². The van der Waals surface area contributed by atoms with Crippen LogP contribution in [0.3, 0.4) is 0 Å². The topological polar surface area (TPSA) is 59.1 Å². The number of carbonyl (C=O) groups excluding carboxylic acids is 2. The summed E-state index contributed by atoms with van der Waals surface area (Å²) in [7, 11) is 0. The normalized spacial score (nSPS) is 10.5. The number of nitrogens with one attached hydrogen (secondary N) is 1. The van der Waals surface area contributed by atoms with Gasteiger partial charge in [0, 0.05) is 19.2 Å². The Morgan fingerprint density at radius 3 is 2.67 bits per heavy atom. The summed E-state index contributed by atoms with van der Waals surface area (Å²) < 4.78 is 25.1. The van der Waals surface area contributed by atoms with Gasteiger partial charge in [0.2, 0.25) is 5.91 Å². The van der Waals surface area contributed by atoms with Crippen LogP contribution in [0.4, 0.5) is 8.78 Å². The van der Waals surface area contributed by atoms with Crippen molar-refractivity contribution in [1.29, 1.82) is 0 Å². The quantitative estimate of drug-likeness (QED) is 0.840. The van der Waals surface area contributed by atoms with Crippen molar-refractivity contribution in [1.82, 2.24) is 10.3 Å². The van der Waals surface area contributed by atoms with Gasteiger partial charge in [-0.2, -0.15) is 0 Å². The first-order chi connectivity index (χ1) is 8.45. The summed E-state index contributed by atoms with van der Waals surface area (Å²) >= 11 is 5.21. The van der Waals surface area contributed by atoms with Crippen LogP contribution in [0.5, 0.6) is 0 Å². The van der Waals surface area contributed by atoms with Crippen LogP contribution >= 0.6 is 11.6 Å². The molecule has 0 radical (unpaired) electrons. The van der Waals surface area contributed by atoms with Gasteiger partial charge >= 0.3 is 0 Å². The predicted molar refractivity (Wildman–Crippen MR) is 61.5 cm³/mol. The van der Waals surface area contributed by atoms with Crippen LogP contribution in [0.2, 0.25) is 0 Å². The van der Waals surface area contributed by atoms with E-state index >= 15 is 0 Å². The smallest absolute Gasteiger partial charge is 0.281 e. The molecule has 0 spiro atoms. The van der Waals surface area contributed by atoms with Crippen LogP contribution < -0.4 is 5.32 Å². The van der Waals surface area contributed by atoms with Gasteiger partial charge in [0.05, 0.1) is 5.56 Å². The molecule has 0 unspecified atom stereocenters. The highest BCUT2D eigenvalue weighted by Gasteiger charge is 2.19. The summed E-state index contributed by atoms with van der Waals surface area (Å²) in [6.07, 6.45) is -1.38. The Hall–Kier alpha value is -1.56. The van der Waals surface area contributed by atoms with Crippen molar-refractivity contribution in [3.05, 3.63) is 29.1 Å². The van der Waals surface area contributed by atoms with E-state index in [1.54, 1.807) is 6.92 Å². The molecule has 98 valence electrons. The second-order valence-electron chi connectivity index (χ2n) is 3.48. The molecule has 0 aromatic carbocycles. The molecule has 0 fully saturated rings. The first kappa shape index (κ1) is 14.5. The maximum absolute atomic E-state index is 12.5. The number of pyridine rings is 1. The fraction of sp³-hybridized carbons (Fsp3) is 0.364. The molecule has 1 rings (SSSR count). The number of halogens is 3. The summed E-state index contributed by atoms with van der Waals surface area (Å²) in [4.78, 5) is 25.6. The number of carbonyl (C=O) groups is 2. The van der Waals surface area contributed by atoms with Gasteiger partial charge in [0.15, 0.2) is 0 Å². The summed E-state index contributed by atoms with van der Waals surface area (Å²) in [5.74, 6) is -0.188. The van der Waals surface area contributed by atoms with E-state index in [-0.39, 0.29) is 18.0 Å². The van der Waals surface area contributed by atoms with Gasteiger partial charge in [-0.25, -0.2) is 8.78 Å². The van der Waals surface area contributed by atoms with Gasteiger partial charge in [0.1, 0.15) is 5.69 Å². The third-order valence-electron chi connectivity index (χ3n) is 2.20. The third kappa shape index (κ3) is 3.73. The van der Waals surface area contributed by atoms with E-state index in [1.807, 2.05) is 0 Å². The van der Waals surface area contributed by atoms with Crippen molar-refractivity contribution in [3.63, 3.8) is 0 Å². The lowest BCUT2D eigenvalue weighted by atomic mass is 10.1. The van der Waals surface area contributed by atoms with Crippen molar-refractivity contribution in [2.75, 3.05) is 0 Å². The van der Waals surface area contributed by atoms with E-state index in [0.29, 0.717) is 12.0 Å². The highest BCUT2D eigenvalue weighted by molar-refractivity contribution is 6.67. The van der Waals surface area contributed by atoms with Crippen molar-refractivity contribution >= 4 is 22.8 Å². The van der Waals surface area contributed by atoms with E-state index in [4.69, 9.17) is 11.6 Å². The minimum atomic E-state index is -2.87. The zero-order chi connectivity index (χ0) is 13.7. The molecule has 0 aliphatic rings. The van der Waals surface area contributed by atoms with Gasteiger partial charge in [-0.05, 0) is 23.2 Å². The van der Waals surface area contributed by atoms with E-state index in [9.17, 15) is 18.4 Å². The molecule has 0 aliphatic heterocycles. The third-order valence-corrected chi connectivity index (χ3v) is 2.41. The first-order valence-corrected chi connectivity index (χ1v) is 5.57. The Bertz CT molecular complexity index is 466. The number of hydrogen-bond donors (Lipinski definition) is 1. The Labute approximate surface area is 107 Å². The average molecular weight is 277 g/mol. The minimum Gasteiger partial charge on any atom is -0.352 e. The Kier molecular flexibility index (Phi) is 5.15. The molecule has 0 aliphatic carbocycles. The van der Waals surface area contributed by atoms with Crippen LogP contribution in [0.15, 0.2) is 12.3 Å². The minimum absolute atomic E-state index is 0.111. The van der Waals surface area contributed by atoms with E-state index < -0.39 is 17.4 Å².